The van der Waals surface area contributed by atoms with Gasteiger partial charge in [-0.15, -0.1) is 0 Å². The lowest BCUT2D eigenvalue weighted by Gasteiger charge is -2.10. The van der Waals surface area contributed by atoms with Crippen molar-refractivity contribution in [2.24, 2.45) is 5.10 Å². The van der Waals surface area contributed by atoms with E-state index in [0.717, 1.165) is 5.56 Å². The first kappa shape index (κ1) is 23.3. The predicted molar refractivity (Wildman–Crippen MR) is 125 cm³/mol. The molecule has 3 aromatic carbocycles. The Labute approximate surface area is 198 Å². The van der Waals surface area contributed by atoms with E-state index >= 15 is 0 Å². The average molecular weight is 542 g/mol. The summed E-state index contributed by atoms with van der Waals surface area (Å²) in [5, 5.41) is 4.46. The standard InChI is InChI=1S/C21H15BrCl2N2O4S/c1-13-2-6-17(7-3-13)31(28,29)30-20-9-4-15(22)10-14(20)12-25-26-21(27)18-8-5-16(23)11-19(18)24/h2-12H,1H3,(H,26,27)/b25-12-. The monoisotopic (exact) mass is 540 g/mol. The molecule has 10 heteroatoms. The molecule has 1 amide bonds. The molecule has 160 valence electrons. The van der Waals surface area contributed by atoms with Crippen LogP contribution in [0, 0.1) is 6.92 Å². The number of benzene rings is 3. The molecular weight excluding hydrogens is 527 g/mol. The maximum absolute atomic E-state index is 12.6. The van der Waals surface area contributed by atoms with Crippen LogP contribution in [-0.2, 0) is 10.1 Å². The zero-order valence-electron chi connectivity index (χ0n) is 16.0. The highest BCUT2D eigenvalue weighted by Gasteiger charge is 2.18. The second kappa shape index (κ2) is 9.82. The van der Waals surface area contributed by atoms with Crippen molar-refractivity contribution in [2.75, 3.05) is 0 Å². The van der Waals surface area contributed by atoms with Crippen LogP contribution < -0.4 is 9.61 Å². The van der Waals surface area contributed by atoms with Crippen LogP contribution in [0.25, 0.3) is 0 Å². The van der Waals surface area contributed by atoms with Gasteiger partial charge in [0.05, 0.1) is 16.8 Å². The van der Waals surface area contributed by atoms with Gasteiger partial charge in [0.25, 0.3) is 5.91 Å². The van der Waals surface area contributed by atoms with E-state index in [0.29, 0.717) is 15.1 Å². The first-order chi connectivity index (χ1) is 14.7. The number of carbonyl (C=O) groups excluding carboxylic acids is 1. The summed E-state index contributed by atoms with van der Waals surface area (Å²) in [6.07, 6.45) is 1.27. The van der Waals surface area contributed by atoms with E-state index in [9.17, 15) is 13.2 Å². The Balaban J connectivity index is 1.81. The average Bonchev–Trinajstić information content (AvgIpc) is 2.70. The molecule has 3 aromatic rings. The SMILES string of the molecule is Cc1ccc(S(=O)(=O)Oc2ccc(Br)cc2/C=N\NC(=O)c2ccc(Cl)cc2Cl)cc1. The molecule has 0 bridgehead atoms. The number of halogens is 3. The van der Waals surface area contributed by atoms with Gasteiger partial charge in [-0.1, -0.05) is 56.8 Å². The molecular formula is C21H15BrCl2N2O4S. The summed E-state index contributed by atoms with van der Waals surface area (Å²) in [6.45, 7) is 1.85. The number of rotatable bonds is 6. The highest BCUT2D eigenvalue weighted by molar-refractivity contribution is 9.10. The Morgan fingerprint density at radius 2 is 1.77 bits per heavy atom. The summed E-state index contributed by atoms with van der Waals surface area (Å²) in [6, 6.07) is 15.4. The second-order valence-corrected chi connectivity index (χ2v) is 9.66. The van der Waals surface area contributed by atoms with Crippen molar-refractivity contribution in [3.8, 4) is 5.75 Å². The number of aryl methyl sites for hydroxylation is 1. The first-order valence-electron chi connectivity index (χ1n) is 8.75. The number of hydrazone groups is 1. The maximum atomic E-state index is 12.6. The summed E-state index contributed by atoms with van der Waals surface area (Å²) >= 11 is 15.2. The summed E-state index contributed by atoms with van der Waals surface area (Å²) in [5.41, 5.74) is 3.78. The van der Waals surface area contributed by atoms with Crippen molar-refractivity contribution < 1.29 is 17.4 Å². The molecule has 0 heterocycles. The van der Waals surface area contributed by atoms with Crippen LogP contribution in [0.5, 0.6) is 5.75 Å². The minimum absolute atomic E-state index is 0.0228. The maximum Gasteiger partial charge on any atom is 0.339 e. The van der Waals surface area contributed by atoms with Gasteiger partial charge in [0, 0.05) is 15.1 Å². The van der Waals surface area contributed by atoms with Crippen LogP contribution in [0.3, 0.4) is 0 Å². The fourth-order valence-electron chi connectivity index (χ4n) is 2.46. The van der Waals surface area contributed by atoms with E-state index in [-0.39, 0.29) is 21.2 Å². The highest BCUT2D eigenvalue weighted by Crippen LogP contribution is 2.26. The molecule has 6 nitrogen and oxygen atoms in total. The molecule has 0 atom stereocenters. The molecule has 3 rings (SSSR count). The first-order valence-corrected chi connectivity index (χ1v) is 11.7. The molecule has 0 radical (unpaired) electrons. The fraction of sp³-hybridized carbons (Fsp3) is 0.0476. The largest absolute Gasteiger partial charge is 0.378 e. The number of nitrogens with one attached hydrogen (secondary N) is 1. The van der Waals surface area contributed by atoms with Crippen molar-refractivity contribution in [1.29, 1.82) is 0 Å². The zero-order chi connectivity index (χ0) is 22.6. The quantitative estimate of drug-likeness (QED) is 0.250. The highest BCUT2D eigenvalue weighted by atomic mass is 79.9. The Hall–Kier alpha value is -2.39. The number of carbonyl (C=O) groups is 1. The Kier molecular flexibility index (Phi) is 7.38. The zero-order valence-corrected chi connectivity index (χ0v) is 19.9. The van der Waals surface area contributed by atoms with Crippen LogP contribution in [-0.4, -0.2) is 20.5 Å². The molecule has 31 heavy (non-hydrogen) atoms. The summed E-state index contributed by atoms with van der Waals surface area (Å²) in [5.74, 6) is -0.506. The van der Waals surface area contributed by atoms with E-state index in [4.69, 9.17) is 27.4 Å². The van der Waals surface area contributed by atoms with Crippen LogP contribution in [0.2, 0.25) is 10.0 Å². The van der Waals surface area contributed by atoms with E-state index in [1.807, 2.05) is 6.92 Å². The Morgan fingerprint density at radius 1 is 1.06 bits per heavy atom. The van der Waals surface area contributed by atoms with Gasteiger partial charge in [-0.3, -0.25) is 4.79 Å². The van der Waals surface area contributed by atoms with Gasteiger partial charge >= 0.3 is 10.1 Å². The smallest absolute Gasteiger partial charge is 0.339 e. The van der Waals surface area contributed by atoms with Crippen LogP contribution >= 0.6 is 39.1 Å². The topological polar surface area (TPSA) is 84.8 Å². The number of hydrogen-bond donors (Lipinski definition) is 1. The lowest BCUT2D eigenvalue weighted by Crippen LogP contribution is -2.18. The van der Waals surface area contributed by atoms with Crippen molar-refractivity contribution in [1.82, 2.24) is 5.43 Å². The van der Waals surface area contributed by atoms with Gasteiger partial charge < -0.3 is 4.18 Å². The van der Waals surface area contributed by atoms with Gasteiger partial charge in [0.15, 0.2) is 5.75 Å². The number of nitrogens with zero attached hydrogens (tertiary/aromatic N) is 1. The fourth-order valence-corrected chi connectivity index (χ4v) is 4.29. The van der Waals surface area contributed by atoms with Gasteiger partial charge in [0.2, 0.25) is 0 Å². The normalized spacial score (nSPS) is 11.5. The summed E-state index contributed by atoms with van der Waals surface area (Å²) in [7, 11) is -4.05. The minimum atomic E-state index is -4.05. The third-order valence-electron chi connectivity index (χ3n) is 4.03. The molecule has 0 aromatic heterocycles. The van der Waals surface area contributed by atoms with Crippen LogP contribution in [0.1, 0.15) is 21.5 Å². The van der Waals surface area contributed by atoms with Crippen LogP contribution in [0.4, 0.5) is 0 Å². The molecule has 0 unspecified atom stereocenters. The number of amides is 1. The van der Waals surface area contributed by atoms with E-state index in [1.165, 1.54) is 42.6 Å². The van der Waals surface area contributed by atoms with Gasteiger partial charge in [-0.05, 0) is 55.5 Å². The minimum Gasteiger partial charge on any atom is -0.378 e. The van der Waals surface area contributed by atoms with Crippen molar-refractivity contribution in [3.05, 3.63) is 91.9 Å². The van der Waals surface area contributed by atoms with Crippen molar-refractivity contribution >= 4 is 61.4 Å². The predicted octanol–water partition coefficient (Wildman–Crippen LogP) is 5.60. The number of hydrogen-bond acceptors (Lipinski definition) is 5. The molecule has 0 saturated carbocycles. The van der Waals surface area contributed by atoms with Gasteiger partial charge in [-0.2, -0.15) is 13.5 Å². The molecule has 0 aliphatic heterocycles. The van der Waals surface area contributed by atoms with Gasteiger partial charge in [-0.25, -0.2) is 5.43 Å². The molecule has 1 N–H and O–H groups in total. The van der Waals surface area contributed by atoms with Gasteiger partial charge in [0.1, 0.15) is 4.90 Å². The lowest BCUT2D eigenvalue weighted by atomic mass is 10.2. The van der Waals surface area contributed by atoms with E-state index in [1.54, 1.807) is 24.3 Å². The third kappa shape index (κ3) is 6.07. The second-order valence-electron chi connectivity index (χ2n) is 6.36. The summed E-state index contributed by atoms with van der Waals surface area (Å²) in [4.78, 5) is 12.3. The lowest BCUT2D eigenvalue weighted by molar-refractivity contribution is 0.0955. The molecule has 0 fully saturated rings. The molecule has 0 saturated heterocycles. The van der Waals surface area contributed by atoms with E-state index in [2.05, 4.69) is 26.5 Å². The molecule has 0 aliphatic carbocycles. The summed E-state index contributed by atoms with van der Waals surface area (Å²) < 4.78 is 31.2. The Morgan fingerprint density at radius 3 is 2.45 bits per heavy atom. The van der Waals surface area contributed by atoms with E-state index < -0.39 is 16.0 Å². The Bertz CT molecular complexity index is 1260. The molecule has 0 spiro atoms. The molecule has 0 aliphatic rings. The third-order valence-corrected chi connectivity index (χ3v) is 6.32. The van der Waals surface area contributed by atoms with Crippen molar-refractivity contribution in [2.45, 2.75) is 11.8 Å². The van der Waals surface area contributed by atoms with Crippen LogP contribution in [0.15, 0.2) is 75.1 Å². The van der Waals surface area contributed by atoms with Crippen molar-refractivity contribution in [3.63, 3.8) is 0 Å².